The molecule has 0 atom stereocenters. The fourth-order valence-corrected chi connectivity index (χ4v) is 1.92. The van der Waals surface area contributed by atoms with Gasteiger partial charge in [-0.15, -0.1) is 0 Å². The van der Waals surface area contributed by atoms with Crippen molar-refractivity contribution < 1.29 is 13.2 Å². The summed E-state index contributed by atoms with van der Waals surface area (Å²) >= 11 is 5.92. The van der Waals surface area contributed by atoms with E-state index in [1.807, 2.05) is 20.8 Å². The third-order valence-electron chi connectivity index (χ3n) is 2.77. The third-order valence-corrected chi connectivity index (χ3v) is 2.96. The number of hydrogen-bond donors (Lipinski definition) is 0. The van der Waals surface area contributed by atoms with Crippen molar-refractivity contribution >= 4 is 11.6 Å². The topological polar surface area (TPSA) is 38.7 Å². The highest BCUT2D eigenvalue weighted by Crippen LogP contribution is 2.36. The van der Waals surface area contributed by atoms with Crippen molar-refractivity contribution in [3.05, 3.63) is 41.1 Å². The molecular formula is C14H13ClF3N3. The van der Waals surface area contributed by atoms with Gasteiger partial charge in [-0.3, -0.25) is 4.98 Å². The van der Waals surface area contributed by atoms with E-state index >= 15 is 0 Å². The van der Waals surface area contributed by atoms with E-state index in [2.05, 4.69) is 15.0 Å². The quantitative estimate of drug-likeness (QED) is 0.727. The first-order valence-electron chi connectivity index (χ1n) is 6.15. The summed E-state index contributed by atoms with van der Waals surface area (Å²) in [5, 5.41) is 0.0990. The molecular weight excluding hydrogens is 303 g/mol. The molecule has 0 aliphatic carbocycles. The number of halogens is 4. The third kappa shape index (κ3) is 3.50. The molecule has 2 heterocycles. The molecule has 0 spiro atoms. The summed E-state index contributed by atoms with van der Waals surface area (Å²) in [6, 6.07) is 2.23. The van der Waals surface area contributed by atoms with Gasteiger partial charge in [0.05, 0.1) is 11.3 Å². The maximum atomic E-state index is 13.1. The second kappa shape index (κ2) is 5.26. The van der Waals surface area contributed by atoms with Crippen LogP contribution in [0, 0.1) is 0 Å². The van der Waals surface area contributed by atoms with Crippen LogP contribution >= 0.6 is 11.6 Å². The number of nitrogens with zero attached hydrogens (tertiary/aromatic N) is 3. The van der Waals surface area contributed by atoms with Crippen LogP contribution in [0.4, 0.5) is 13.2 Å². The summed E-state index contributed by atoms with van der Waals surface area (Å²) in [4.78, 5) is 12.0. The van der Waals surface area contributed by atoms with Crippen molar-refractivity contribution in [2.24, 2.45) is 0 Å². The lowest BCUT2D eigenvalue weighted by Gasteiger charge is -2.18. The highest BCUT2D eigenvalue weighted by atomic mass is 35.5. The van der Waals surface area contributed by atoms with Crippen LogP contribution in [0.3, 0.4) is 0 Å². The molecule has 21 heavy (non-hydrogen) atoms. The van der Waals surface area contributed by atoms with Crippen molar-refractivity contribution in [2.45, 2.75) is 32.4 Å². The van der Waals surface area contributed by atoms with Crippen LogP contribution in [0.5, 0.6) is 0 Å². The Kier molecular flexibility index (Phi) is 3.93. The molecule has 0 amide bonds. The van der Waals surface area contributed by atoms with Gasteiger partial charge in [0.2, 0.25) is 0 Å². The Balaban J connectivity index is 2.66. The van der Waals surface area contributed by atoms with Crippen molar-refractivity contribution in [2.75, 3.05) is 0 Å². The Labute approximate surface area is 125 Å². The molecule has 0 saturated carbocycles. The Morgan fingerprint density at radius 1 is 1.10 bits per heavy atom. The van der Waals surface area contributed by atoms with Crippen molar-refractivity contribution in [3.8, 4) is 11.3 Å². The summed E-state index contributed by atoms with van der Waals surface area (Å²) in [6.45, 7) is 5.57. The number of alkyl halides is 3. The molecule has 0 fully saturated rings. The molecule has 112 valence electrons. The summed E-state index contributed by atoms with van der Waals surface area (Å²) < 4.78 is 39.2. The minimum absolute atomic E-state index is 0.0990. The Morgan fingerprint density at radius 3 is 2.33 bits per heavy atom. The minimum Gasteiger partial charge on any atom is -0.264 e. The summed E-state index contributed by atoms with van der Waals surface area (Å²) in [5.41, 5.74) is -1.23. The molecule has 0 aromatic carbocycles. The van der Waals surface area contributed by atoms with Gasteiger partial charge >= 0.3 is 6.18 Å². The highest BCUT2D eigenvalue weighted by Gasteiger charge is 2.34. The van der Waals surface area contributed by atoms with Gasteiger partial charge in [0.25, 0.3) is 0 Å². The standard InChI is InChI=1S/C14H13ClF3N3/c1-13(2,3)12-20-10(6-11(15)21-12)8-7-19-5-4-9(8)14(16,17)18/h4-7H,1-3H3. The van der Waals surface area contributed by atoms with Crippen molar-refractivity contribution in [1.82, 2.24) is 15.0 Å². The predicted octanol–water partition coefficient (Wildman–Crippen LogP) is 4.51. The Morgan fingerprint density at radius 2 is 1.76 bits per heavy atom. The number of hydrogen-bond acceptors (Lipinski definition) is 3. The van der Waals surface area contributed by atoms with Gasteiger partial charge < -0.3 is 0 Å². The van der Waals surface area contributed by atoms with E-state index in [-0.39, 0.29) is 16.4 Å². The van der Waals surface area contributed by atoms with Gasteiger partial charge in [-0.25, -0.2) is 9.97 Å². The average Bonchev–Trinajstić information content (AvgIpc) is 2.36. The Hall–Kier alpha value is -1.69. The molecule has 7 heteroatoms. The molecule has 2 rings (SSSR count). The van der Waals surface area contributed by atoms with Crippen LogP contribution in [-0.2, 0) is 11.6 Å². The van der Waals surface area contributed by atoms with Gasteiger partial charge in [0.1, 0.15) is 11.0 Å². The molecule has 0 N–H and O–H groups in total. The lowest BCUT2D eigenvalue weighted by molar-refractivity contribution is -0.137. The van der Waals surface area contributed by atoms with E-state index in [1.54, 1.807) is 0 Å². The fourth-order valence-electron chi connectivity index (χ4n) is 1.74. The van der Waals surface area contributed by atoms with Crippen LogP contribution in [0.25, 0.3) is 11.3 Å². The molecule has 0 bridgehead atoms. The average molecular weight is 316 g/mol. The summed E-state index contributed by atoms with van der Waals surface area (Å²) in [6.07, 6.45) is -2.26. The predicted molar refractivity (Wildman–Crippen MR) is 74.0 cm³/mol. The first-order chi connectivity index (χ1) is 9.59. The normalized spacial score (nSPS) is 12.5. The van der Waals surface area contributed by atoms with Crippen LogP contribution in [0.2, 0.25) is 5.15 Å². The smallest absolute Gasteiger partial charge is 0.264 e. The maximum absolute atomic E-state index is 13.1. The van der Waals surface area contributed by atoms with Gasteiger partial charge in [-0.05, 0) is 6.07 Å². The van der Waals surface area contributed by atoms with E-state index < -0.39 is 17.2 Å². The van der Waals surface area contributed by atoms with E-state index in [9.17, 15) is 13.2 Å². The van der Waals surface area contributed by atoms with Gasteiger partial charge in [-0.1, -0.05) is 32.4 Å². The van der Waals surface area contributed by atoms with Crippen molar-refractivity contribution in [1.29, 1.82) is 0 Å². The zero-order valence-electron chi connectivity index (χ0n) is 11.7. The SMILES string of the molecule is CC(C)(C)c1nc(Cl)cc(-c2cnccc2C(F)(F)F)n1. The largest absolute Gasteiger partial charge is 0.417 e. The number of pyridine rings is 1. The molecule has 0 aliphatic rings. The molecule has 2 aromatic rings. The first-order valence-corrected chi connectivity index (χ1v) is 6.53. The zero-order chi connectivity index (χ0) is 15.8. The van der Waals surface area contributed by atoms with Crippen LogP contribution < -0.4 is 0 Å². The Bertz CT molecular complexity index is 663. The molecule has 3 nitrogen and oxygen atoms in total. The summed E-state index contributed by atoms with van der Waals surface area (Å²) in [5.74, 6) is 0.377. The van der Waals surface area contributed by atoms with Crippen LogP contribution in [-0.4, -0.2) is 15.0 Å². The van der Waals surface area contributed by atoms with E-state index in [4.69, 9.17) is 11.6 Å². The molecule has 0 aliphatic heterocycles. The monoisotopic (exact) mass is 315 g/mol. The fraction of sp³-hybridized carbons (Fsp3) is 0.357. The molecule has 0 unspecified atom stereocenters. The van der Waals surface area contributed by atoms with E-state index in [0.29, 0.717) is 5.82 Å². The summed E-state index contributed by atoms with van der Waals surface area (Å²) in [7, 11) is 0. The number of rotatable bonds is 1. The van der Waals surface area contributed by atoms with Gasteiger partial charge in [0.15, 0.2) is 0 Å². The second-order valence-corrected chi connectivity index (χ2v) is 5.96. The lowest BCUT2D eigenvalue weighted by atomic mass is 9.95. The molecule has 2 aromatic heterocycles. The zero-order valence-corrected chi connectivity index (χ0v) is 12.4. The second-order valence-electron chi connectivity index (χ2n) is 5.57. The van der Waals surface area contributed by atoms with Crippen molar-refractivity contribution in [3.63, 3.8) is 0 Å². The lowest BCUT2D eigenvalue weighted by Crippen LogP contribution is -2.17. The van der Waals surface area contributed by atoms with E-state index in [0.717, 1.165) is 18.5 Å². The van der Waals surface area contributed by atoms with Gasteiger partial charge in [0, 0.05) is 29.4 Å². The van der Waals surface area contributed by atoms with Crippen LogP contribution in [0.15, 0.2) is 24.5 Å². The molecule has 0 radical (unpaired) electrons. The molecule has 0 saturated heterocycles. The van der Waals surface area contributed by atoms with Gasteiger partial charge in [-0.2, -0.15) is 13.2 Å². The minimum atomic E-state index is -4.49. The maximum Gasteiger partial charge on any atom is 0.417 e. The van der Waals surface area contributed by atoms with Crippen LogP contribution in [0.1, 0.15) is 32.2 Å². The highest BCUT2D eigenvalue weighted by molar-refractivity contribution is 6.29. The number of aromatic nitrogens is 3. The van der Waals surface area contributed by atoms with E-state index in [1.165, 1.54) is 6.07 Å². The first kappa shape index (κ1) is 15.7.